The molecule has 0 saturated carbocycles. The quantitative estimate of drug-likeness (QED) is 0.140. The van der Waals surface area contributed by atoms with Gasteiger partial charge in [0.25, 0.3) is 0 Å². The van der Waals surface area contributed by atoms with Crippen LogP contribution < -0.4 is 9.80 Å². The predicted octanol–water partition coefficient (Wildman–Crippen LogP) is 18.9. The maximum Gasteiger partial charge on any atom is 0.0618 e. The molecule has 326 valence electrons. The van der Waals surface area contributed by atoms with Crippen molar-refractivity contribution in [3.05, 3.63) is 266 Å². The molecule has 0 heterocycles. The fourth-order valence-electron chi connectivity index (χ4n) is 11.3. The molecular formula is C67H48N2. The van der Waals surface area contributed by atoms with Gasteiger partial charge >= 0.3 is 0 Å². The second-order valence-corrected chi connectivity index (χ2v) is 18.9. The van der Waals surface area contributed by atoms with Crippen molar-refractivity contribution in [2.24, 2.45) is 0 Å². The van der Waals surface area contributed by atoms with Crippen LogP contribution in [0.25, 0.3) is 76.5 Å². The Hall–Kier alpha value is -8.72. The zero-order chi connectivity index (χ0) is 46.1. The summed E-state index contributed by atoms with van der Waals surface area (Å²) in [6.45, 7) is 4.72. The van der Waals surface area contributed by atoms with Gasteiger partial charge in [0.05, 0.1) is 11.4 Å². The van der Waals surface area contributed by atoms with Crippen molar-refractivity contribution in [3.63, 3.8) is 0 Å². The first kappa shape index (κ1) is 40.5. The number of hydrogen-bond acceptors (Lipinski definition) is 2. The highest BCUT2D eigenvalue weighted by molar-refractivity contribution is 6.22. The molecule has 0 saturated heterocycles. The van der Waals surface area contributed by atoms with Crippen LogP contribution in [0.1, 0.15) is 25.0 Å². The summed E-state index contributed by atoms with van der Waals surface area (Å²) in [7, 11) is 0. The summed E-state index contributed by atoms with van der Waals surface area (Å²) in [5.74, 6) is 0. The molecule has 2 nitrogen and oxygen atoms in total. The van der Waals surface area contributed by atoms with E-state index < -0.39 is 0 Å². The van der Waals surface area contributed by atoms with E-state index in [2.05, 4.69) is 278 Å². The van der Waals surface area contributed by atoms with E-state index in [0.717, 1.165) is 34.1 Å². The molecule has 69 heavy (non-hydrogen) atoms. The lowest BCUT2D eigenvalue weighted by Gasteiger charge is -2.30. The molecular weight excluding hydrogens is 833 g/mol. The number of rotatable bonds is 8. The third kappa shape index (κ3) is 6.71. The van der Waals surface area contributed by atoms with Crippen LogP contribution >= 0.6 is 0 Å². The Balaban J connectivity index is 0.986. The molecule has 2 heteroatoms. The van der Waals surface area contributed by atoms with Gasteiger partial charge in [0, 0.05) is 44.3 Å². The summed E-state index contributed by atoms with van der Waals surface area (Å²) in [5, 5.41) is 9.65. The lowest BCUT2D eigenvalue weighted by Crippen LogP contribution is -2.16. The van der Waals surface area contributed by atoms with Crippen LogP contribution in [0.2, 0.25) is 0 Å². The summed E-state index contributed by atoms with van der Waals surface area (Å²) >= 11 is 0. The number of benzene rings is 12. The molecule has 1 aliphatic carbocycles. The Morgan fingerprint density at radius 1 is 0.290 bits per heavy atom. The van der Waals surface area contributed by atoms with Crippen LogP contribution in [0.5, 0.6) is 0 Å². The van der Waals surface area contributed by atoms with Crippen molar-refractivity contribution in [1.82, 2.24) is 0 Å². The molecule has 0 unspecified atom stereocenters. The van der Waals surface area contributed by atoms with E-state index >= 15 is 0 Å². The zero-order valence-corrected chi connectivity index (χ0v) is 38.6. The van der Waals surface area contributed by atoms with Gasteiger partial charge in [-0.05, 0) is 126 Å². The van der Waals surface area contributed by atoms with Crippen molar-refractivity contribution in [3.8, 4) is 33.4 Å². The molecule has 0 N–H and O–H groups in total. The van der Waals surface area contributed by atoms with Gasteiger partial charge in [-0.1, -0.05) is 214 Å². The van der Waals surface area contributed by atoms with E-state index in [1.54, 1.807) is 0 Å². The Kier molecular flexibility index (Phi) is 9.55. The van der Waals surface area contributed by atoms with Crippen molar-refractivity contribution in [2.45, 2.75) is 19.3 Å². The van der Waals surface area contributed by atoms with Crippen molar-refractivity contribution in [2.75, 3.05) is 9.80 Å². The minimum atomic E-state index is -0.125. The van der Waals surface area contributed by atoms with Crippen molar-refractivity contribution < 1.29 is 0 Å². The monoisotopic (exact) mass is 880 g/mol. The van der Waals surface area contributed by atoms with Crippen LogP contribution in [0.15, 0.2) is 255 Å². The van der Waals surface area contributed by atoms with E-state index in [1.807, 2.05) is 0 Å². The van der Waals surface area contributed by atoms with Crippen LogP contribution in [-0.4, -0.2) is 0 Å². The molecule has 0 atom stereocenters. The fraction of sp³-hybridized carbons (Fsp3) is 0.0448. The molecule has 0 bridgehead atoms. The summed E-state index contributed by atoms with van der Waals surface area (Å²) in [4.78, 5) is 4.92. The number of fused-ring (bicyclic) bond motifs is 7. The third-order valence-electron chi connectivity index (χ3n) is 14.6. The molecule has 1 aliphatic rings. The van der Waals surface area contributed by atoms with Gasteiger partial charge in [-0.15, -0.1) is 0 Å². The number of hydrogen-bond donors (Lipinski definition) is 0. The van der Waals surface area contributed by atoms with Crippen LogP contribution in [0.4, 0.5) is 34.1 Å². The summed E-state index contributed by atoms with van der Waals surface area (Å²) in [6, 6.07) is 93.8. The highest BCUT2D eigenvalue weighted by Gasteiger charge is 2.36. The Bertz CT molecular complexity index is 3860. The normalized spacial score (nSPS) is 12.6. The first-order valence-corrected chi connectivity index (χ1v) is 24.0. The van der Waals surface area contributed by atoms with Crippen molar-refractivity contribution in [1.29, 1.82) is 0 Å². The smallest absolute Gasteiger partial charge is 0.0618 e. The Morgan fingerprint density at radius 3 is 1.51 bits per heavy atom. The van der Waals surface area contributed by atoms with Gasteiger partial charge in [0.2, 0.25) is 0 Å². The van der Waals surface area contributed by atoms with Gasteiger partial charge in [-0.3, -0.25) is 0 Å². The second kappa shape index (κ2) is 16.3. The van der Waals surface area contributed by atoms with Gasteiger partial charge in [-0.2, -0.15) is 0 Å². The molecule has 12 aromatic carbocycles. The fourth-order valence-corrected chi connectivity index (χ4v) is 11.3. The predicted molar refractivity (Wildman–Crippen MR) is 294 cm³/mol. The highest BCUT2D eigenvalue weighted by Crippen LogP contribution is 2.52. The first-order chi connectivity index (χ1) is 34.0. The first-order valence-electron chi connectivity index (χ1n) is 24.0. The lowest BCUT2D eigenvalue weighted by atomic mass is 9.82. The largest absolute Gasteiger partial charge is 0.310 e. The van der Waals surface area contributed by atoms with Crippen molar-refractivity contribution >= 4 is 77.2 Å². The summed E-state index contributed by atoms with van der Waals surface area (Å²) < 4.78 is 0. The van der Waals surface area contributed by atoms with Gasteiger partial charge in [0.1, 0.15) is 0 Å². The second-order valence-electron chi connectivity index (χ2n) is 18.9. The standard InChI is InChI=1S/C67H48N2/c1-67(2)62-29-15-14-24-56(62)57-42-41-54(44-63(57)67)68(64-30-16-22-48-20-8-9-23-55(48)64)51-38-34-49(35-39-51)65-58-25-10-12-27-60(58)66(61-28-13-11-26-59(61)65)69(53-40-33-46-19-6-7-21-50(46)43-53)52-36-31-47(32-37-52)45-17-4-3-5-18-45/h3-44H,1-2H3. The Labute approximate surface area is 403 Å². The number of anilines is 6. The SMILES string of the molecule is CC1(C)c2ccccc2-c2ccc(N(c3ccc(-c4c5ccccc5c(N(c5ccc(-c6ccccc6)cc5)c5ccc6ccccc6c5)c5ccccc45)cc3)c3cccc4ccccc34)cc21. The van der Waals surface area contributed by atoms with E-state index in [4.69, 9.17) is 0 Å². The van der Waals surface area contributed by atoms with E-state index in [0.29, 0.717) is 0 Å². The van der Waals surface area contributed by atoms with Crippen LogP contribution in [-0.2, 0) is 5.41 Å². The topological polar surface area (TPSA) is 6.48 Å². The van der Waals surface area contributed by atoms with E-state index in [1.165, 1.54) is 87.6 Å². The lowest BCUT2D eigenvalue weighted by molar-refractivity contribution is 0.660. The molecule has 12 aromatic rings. The summed E-state index contributed by atoms with van der Waals surface area (Å²) in [6.07, 6.45) is 0. The highest BCUT2D eigenvalue weighted by atomic mass is 15.2. The van der Waals surface area contributed by atoms with Gasteiger partial charge < -0.3 is 9.80 Å². The van der Waals surface area contributed by atoms with Crippen LogP contribution in [0, 0.1) is 0 Å². The Morgan fingerprint density at radius 2 is 0.783 bits per heavy atom. The summed E-state index contributed by atoms with van der Waals surface area (Å²) in [5.41, 5.74) is 16.8. The zero-order valence-electron chi connectivity index (χ0n) is 38.6. The number of nitrogens with zero attached hydrogens (tertiary/aromatic N) is 2. The van der Waals surface area contributed by atoms with E-state index in [9.17, 15) is 0 Å². The maximum atomic E-state index is 2.47. The molecule has 0 spiro atoms. The van der Waals surface area contributed by atoms with Gasteiger partial charge in [-0.25, -0.2) is 0 Å². The molecule has 0 radical (unpaired) electrons. The average molecular weight is 881 g/mol. The molecule has 0 amide bonds. The molecule has 0 aliphatic heterocycles. The van der Waals surface area contributed by atoms with E-state index in [-0.39, 0.29) is 5.41 Å². The average Bonchev–Trinajstić information content (AvgIpc) is 3.64. The molecule has 13 rings (SSSR count). The molecule has 0 fully saturated rings. The van der Waals surface area contributed by atoms with Gasteiger partial charge in [0.15, 0.2) is 0 Å². The maximum absolute atomic E-state index is 2.47. The molecule has 0 aromatic heterocycles. The minimum absolute atomic E-state index is 0.125. The minimum Gasteiger partial charge on any atom is -0.310 e. The van der Waals surface area contributed by atoms with Crippen LogP contribution in [0.3, 0.4) is 0 Å². The third-order valence-corrected chi connectivity index (χ3v) is 14.6.